The van der Waals surface area contributed by atoms with Crippen LogP contribution in [-0.2, 0) is 0 Å². The van der Waals surface area contributed by atoms with Crippen LogP contribution in [0.5, 0.6) is 0 Å². The number of nitriles is 1. The van der Waals surface area contributed by atoms with Gasteiger partial charge in [0, 0.05) is 28.1 Å². The van der Waals surface area contributed by atoms with E-state index in [9.17, 15) is 0 Å². The van der Waals surface area contributed by atoms with Crippen LogP contribution in [0.4, 0.5) is 5.69 Å². The second-order valence-corrected chi connectivity index (χ2v) is 6.09. The summed E-state index contributed by atoms with van der Waals surface area (Å²) < 4.78 is 0.998. The Morgan fingerprint density at radius 2 is 2.18 bits per heavy atom. The molecule has 0 bridgehead atoms. The van der Waals surface area contributed by atoms with Crippen molar-refractivity contribution < 1.29 is 0 Å². The number of anilines is 1. The van der Waals surface area contributed by atoms with Crippen LogP contribution in [0.2, 0.25) is 5.02 Å². The van der Waals surface area contributed by atoms with Crippen molar-refractivity contribution >= 4 is 33.2 Å². The van der Waals surface area contributed by atoms with Crippen molar-refractivity contribution in [2.45, 2.75) is 26.7 Å². The van der Waals surface area contributed by atoms with Crippen molar-refractivity contribution in [3.63, 3.8) is 0 Å². The molecule has 0 aliphatic heterocycles. The highest BCUT2D eigenvalue weighted by molar-refractivity contribution is 9.10. The zero-order valence-corrected chi connectivity index (χ0v) is 12.4. The minimum Gasteiger partial charge on any atom is -0.384 e. The number of hydrogen-bond donors (Lipinski definition) is 1. The van der Waals surface area contributed by atoms with Crippen LogP contribution in [0, 0.1) is 16.7 Å². The maximum absolute atomic E-state index is 8.60. The van der Waals surface area contributed by atoms with Gasteiger partial charge in [-0.1, -0.05) is 25.4 Å². The van der Waals surface area contributed by atoms with E-state index in [2.05, 4.69) is 41.2 Å². The van der Waals surface area contributed by atoms with Crippen LogP contribution in [0.3, 0.4) is 0 Å². The quantitative estimate of drug-likeness (QED) is 0.843. The van der Waals surface area contributed by atoms with Gasteiger partial charge in [0.2, 0.25) is 0 Å². The van der Waals surface area contributed by atoms with Gasteiger partial charge < -0.3 is 5.32 Å². The van der Waals surface area contributed by atoms with Gasteiger partial charge >= 0.3 is 0 Å². The van der Waals surface area contributed by atoms with E-state index < -0.39 is 0 Å². The molecule has 1 aromatic carbocycles. The van der Waals surface area contributed by atoms with Crippen LogP contribution in [0.1, 0.15) is 26.7 Å². The number of rotatable bonds is 5. The number of nitrogens with one attached hydrogen (secondary N) is 1. The predicted molar refractivity (Wildman–Crippen MR) is 76.3 cm³/mol. The minimum absolute atomic E-state index is 0.0947. The second-order valence-electron chi connectivity index (χ2n) is 4.80. The van der Waals surface area contributed by atoms with E-state index in [0.29, 0.717) is 11.4 Å². The Bertz CT molecular complexity index is 424. The minimum atomic E-state index is 0.0947. The Morgan fingerprint density at radius 1 is 1.47 bits per heavy atom. The summed E-state index contributed by atoms with van der Waals surface area (Å²) in [6.07, 6.45) is 1.47. The molecule has 4 heteroatoms. The first-order valence-corrected chi connectivity index (χ1v) is 6.67. The highest BCUT2D eigenvalue weighted by Crippen LogP contribution is 2.28. The first-order chi connectivity index (χ1) is 7.94. The van der Waals surface area contributed by atoms with E-state index in [1.165, 1.54) is 0 Å². The van der Waals surface area contributed by atoms with Crippen LogP contribution in [0.15, 0.2) is 22.7 Å². The van der Waals surface area contributed by atoms with Gasteiger partial charge in [-0.2, -0.15) is 5.26 Å². The van der Waals surface area contributed by atoms with E-state index in [-0.39, 0.29) is 5.41 Å². The summed E-state index contributed by atoms with van der Waals surface area (Å²) in [6, 6.07) is 7.85. The second kappa shape index (κ2) is 6.28. The molecular weight excluding hydrogens is 300 g/mol. The molecule has 0 saturated carbocycles. The first kappa shape index (κ1) is 14.3. The van der Waals surface area contributed by atoms with Gasteiger partial charge in [-0.3, -0.25) is 0 Å². The molecule has 0 saturated heterocycles. The van der Waals surface area contributed by atoms with E-state index >= 15 is 0 Å². The van der Waals surface area contributed by atoms with Crippen molar-refractivity contribution in [1.82, 2.24) is 0 Å². The smallest absolute Gasteiger partial charge is 0.0621 e. The third-order valence-electron chi connectivity index (χ3n) is 2.60. The van der Waals surface area contributed by atoms with Crippen molar-refractivity contribution in [1.29, 1.82) is 5.26 Å². The Morgan fingerprint density at radius 3 is 2.82 bits per heavy atom. The summed E-state index contributed by atoms with van der Waals surface area (Å²) in [7, 11) is 0. The third kappa shape index (κ3) is 4.97. The van der Waals surface area contributed by atoms with E-state index in [1.54, 1.807) is 0 Å². The van der Waals surface area contributed by atoms with Crippen molar-refractivity contribution in [2.75, 3.05) is 11.9 Å². The van der Waals surface area contributed by atoms with Crippen molar-refractivity contribution in [2.24, 2.45) is 5.41 Å². The van der Waals surface area contributed by atoms with Gasteiger partial charge in [0.25, 0.3) is 0 Å². The number of nitrogens with zero attached hydrogens (tertiary/aromatic N) is 1. The molecule has 0 atom stereocenters. The topological polar surface area (TPSA) is 35.8 Å². The maximum Gasteiger partial charge on any atom is 0.0621 e. The summed E-state index contributed by atoms with van der Waals surface area (Å²) in [5.41, 5.74) is 1.08. The summed E-state index contributed by atoms with van der Waals surface area (Å²) in [4.78, 5) is 0. The lowest BCUT2D eigenvalue weighted by Gasteiger charge is -2.24. The Hall–Kier alpha value is -0.720. The van der Waals surface area contributed by atoms with Crippen molar-refractivity contribution in [3.05, 3.63) is 27.7 Å². The van der Waals surface area contributed by atoms with Gasteiger partial charge in [0.05, 0.1) is 6.07 Å². The Kier molecular flexibility index (Phi) is 5.30. The van der Waals surface area contributed by atoms with Crippen LogP contribution >= 0.6 is 27.5 Å². The number of benzene rings is 1. The lowest BCUT2D eigenvalue weighted by atomic mass is 9.88. The molecule has 0 heterocycles. The fourth-order valence-electron chi connectivity index (χ4n) is 1.45. The van der Waals surface area contributed by atoms with Crippen LogP contribution in [-0.4, -0.2) is 6.54 Å². The molecule has 0 fully saturated rings. The molecule has 2 nitrogen and oxygen atoms in total. The molecule has 1 aromatic rings. The van der Waals surface area contributed by atoms with Gasteiger partial charge in [-0.05, 0) is 46.0 Å². The maximum atomic E-state index is 8.60. The zero-order chi connectivity index (χ0) is 12.9. The Labute approximate surface area is 116 Å². The van der Waals surface area contributed by atoms with Gasteiger partial charge in [0.1, 0.15) is 0 Å². The summed E-state index contributed by atoms with van der Waals surface area (Å²) >= 11 is 9.42. The average molecular weight is 316 g/mol. The van der Waals surface area contributed by atoms with E-state index in [0.717, 1.165) is 23.1 Å². The summed E-state index contributed by atoms with van der Waals surface area (Å²) in [6.45, 7) is 5.11. The van der Waals surface area contributed by atoms with Crippen molar-refractivity contribution in [3.8, 4) is 6.07 Å². The molecular formula is C13H16BrClN2. The van der Waals surface area contributed by atoms with E-state index in [1.807, 2.05) is 18.2 Å². The summed E-state index contributed by atoms with van der Waals surface area (Å²) in [5, 5.41) is 12.7. The lowest BCUT2D eigenvalue weighted by molar-refractivity contribution is 0.364. The standard InChI is InChI=1S/C13H16BrClN2/c1-13(2,6-3-7-16)9-17-12-8-10(15)4-5-11(12)14/h4-5,8,17H,3,6,9H2,1-2H3. The fourth-order valence-corrected chi connectivity index (χ4v) is 2.01. The largest absolute Gasteiger partial charge is 0.384 e. The molecule has 0 aliphatic rings. The van der Waals surface area contributed by atoms with E-state index in [4.69, 9.17) is 16.9 Å². The third-order valence-corrected chi connectivity index (χ3v) is 3.53. The fraction of sp³-hybridized carbons (Fsp3) is 0.462. The predicted octanol–water partition coefficient (Wildman–Crippen LogP) is 4.84. The molecule has 17 heavy (non-hydrogen) atoms. The number of hydrogen-bond acceptors (Lipinski definition) is 2. The summed E-state index contributed by atoms with van der Waals surface area (Å²) in [5.74, 6) is 0. The average Bonchev–Trinajstić information content (AvgIpc) is 2.28. The zero-order valence-electron chi connectivity index (χ0n) is 10.1. The van der Waals surface area contributed by atoms with Gasteiger partial charge in [-0.15, -0.1) is 0 Å². The number of halogens is 2. The Balaban J connectivity index is 2.61. The molecule has 0 aliphatic carbocycles. The highest BCUT2D eigenvalue weighted by Gasteiger charge is 2.17. The molecule has 92 valence electrons. The van der Waals surface area contributed by atoms with Gasteiger partial charge in [-0.25, -0.2) is 0 Å². The molecule has 0 amide bonds. The monoisotopic (exact) mass is 314 g/mol. The van der Waals surface area contributed by atoms with Crippen LogP contribution < -0.4 is 5.32 Å². The molecule has 0 unspecified atom stereocenters. The molecule has 1 N–H and O–H groups in total. The first-order valence-electron chi connectivity index (χ1n) is 5.50. The molecule has 0 aromatic heterocycles. The van der Waals surface area contributed by atoms with Crippen LogP contribution in [0.25, 0.3) is 0 Å². The molecule has 0 radical (unpaired) electrons. The highest BCUT2D eigenvalue weighted by atomic mass is 79.9. The normalized spacial score (nSPS) is 11.0. The molecule has 0 spiro atoms. The SMILES string of the molecule is CC(C)(CCC#N)CNc1cc(Cl)ccc1Br. The molecule has 1 rings (SSSR count). The lowest BCUT2D eigenvalue weighted by Crippen LogP contribution is -2.23. The van der Waals surface area contributed by atoms with Gasteiger partial charge in [0.15, 0.2) is 0 Å².